The van der Waals surface area contributed by atoms with Crippen LogP contribution in [-0.2, 0) is 17.8 Å². The van der Waals surface area contributed by atoms with E-state index in [1.165, 1.54) is 0 Å². The lowest BCUT2D eigenvalue weighted by molar-refractivity contribution is -0.130. The van der Waals surface area contributed by atoms with Crippen LogP contribution in [0.4, 0.5) is 5.82 Å². The Morgan fingerprint density at radius 1 is 1.21 bits per heavy atom. The minimum atomic E-state index is 0.103. The molecule has 1 fully saturated rings. The summed E-state index contributed by atoms with van der Waals surface area (Å²) in [6.45, 7) is 1.48. The Bertz CT molecular complexity index is 816. The molecule has 1 unspecified atom stereocenters. The van der Waals surface area contributed by atoms with Crippen LogP contribution in [0.3, 0.4) is 0 Å². The van der Waals surface area contributed by atoms with Crippen LogP contribution < -0.4 is 15.0 Å². The summed E-state index contributed by atoms with van der Waals surface area (Å²) in [5, 5.41) is 3.46. The van der Waals surface area contributed by atoms with Crippen molar-refractivity contribution in [2.45, 2.75) is 38.3 Å². The lowest BCUT2D eigenvalue weighted by Gasteiger charge is -2.20. The Labute approximate surface area is 173 Å². The van der Waals surface area contributed by atoms with Crippen molar-refractivity contribution in [1.29, 1.82) is 0 Å². The Hall–Kier alpha value is -2.67. The number of amides is 1. The van der Waals surface area contributed by atoms with E-state index < -0.39 is 0 Å². The first-order chi connectivity index (χ1) is 14.0. The molecule has 0 bridgehead atoms. The second-order valence-corrected chi connectivity index (χ2v) is 7.72. The van der Waals surface area contributed by atoms with Gasteiger partial charge in [-0.15, -0.1) is 0 Å². The number of carbonyl (C=O) groups is 1. The summed E-state index contributed by atoms with van der Waals surface area (Å²) in [5.74, 6) is 2.62. The first kappa shape index (κ1) is 21.0. The third-order valence-electron chi connectivity index (χ3n) is 5.22. The van der Waals surface area contributed by atoms with Gasteiger partial charge in [-0.2, -0.15) is 0 Å². The lowest BCUT2D eigenvalue weighted by Crippen LogP contribution is -2.28. The van der Waals surface area contributed by atoms with Crippen molar-refractivity contribution in [1.82, 2.24) is 20.2 Å². The molecule has 1 aliphatic heterocycles. The van der Waals surface area contributed by atoms with Crippen LogP contribution in [0.1, 0.15) is 42.4 Å². The number of rotatable bonds is 8. The fourth-order valence-corrected chi connectivity index (χ4v) is 3.44. The van der Waals surface area contributed by atoms with E-state index in [0.29, 0.717) is 19.4 Å². The largest absolute Gasteiger partial charge is 0.497 e. The molecule has 0 saturated carbocycles. The standard InChI is InChI=1S/C22H31N5O2/c1-26(2)20-14-17(24-22(25-20)19-6-5-13-23-19)15-27(3)21(28)12-9-16-7-10-18(29-4)11-8-16/h7-8,10-11,14,19,23H,5-6,9,12-13,15H2,1-4H3. The van der Waals surface area contributed by atoms with Crippen LogP contribution in [-0.4, -0.2) is 55.6 Å². The fraction of sp³-hybridized carbons (Fsp3) is 0.500. The summed E-state index contributed by atoms with van der Waals surface area (Å²) >= 11 is 0. The topological polar surface area (TPSA) is 70.6 Å². The number of aromatic nitrogens is 2. The van der Waals surface area contributed by atoms with E-state index in [9.17, 15) is 4.79 Å². The zero-order valence-electron chi connectivity index (χ0n) is 17.8. The number of ether oxygens (including phenoxy) is 1. The minimum Gasteiger partial charge on any atom is -0.497 e. The molecule has 0 spiro atoms. The van der Waals surface area contributed by atoms with Gasteiger partial charge in [-0.25, -0.2) is 9.97 Å². The molecule has 2 aromatic rings. The minimum absolute atomic E-state index is 0.103. The molecule has 1 aromatic heterocycles. The van der Waals surface area contributed by atoms with E-state index in [0.717, 1.165) is 48.0 Å². The molecular weight excluding hydrogens is 366 g/mol. The predicted octanol–water partition coefficient (Wildman–Crippen LogP) is 2.57. The van der Waals surface area contributed by atoms with E-state index in [1.54, 1.807) is 12.0 Å². The van der Waals surface area contributed by atoms with E-state index >= 15 is 0 Å². The highest BCUT2D eigenvalue weighted by Gasteiger charge is 2.21. The van der Waals surface area contributed by atoms with Gasteiger partial charge in [0.05, 0.1) is 25.4 Å². The molecule has 3 rings (SSSR count). The summed E-state index contributed by atoms with van der Waals surface area (Å²) in [4.78, 5) is 25.8. The van der Waals surface area contributed by atoms with Gasteiger partial charge < -0.3 is 19.9 Å². The summed E-state index contributed by atoms with van der Waals surface area (Å²) in [7, 11) is 7.43. The van der Waals surface area contributed by atoms with Gasteiger partial charge in [0.1, 0.15) is 17.4 Å². The SMILES string of the molecule is COc1ccc(CCC(=O)N(C)Cc2cc(N(C)C)nc(C3CCCN3)n2)cc1. The molecule has 156 valence electrons. The molecule has 1 aliphatic rings. The van der Waals surface area contributed by atoms with Crippen LogP contribution in [0.15, 0.2) is 30.3 Å². The molecule has 2 heterocycles. The van der Waals surface area contributed by atoms with Gasteiger partial charge in [-0.3, -0.25) is 4.79 Å². The van der Waals surface area contributed by atoms with Gasteiger partial charge in [0.15, 0.2) is 0 Å². The maximum absolute atomic E-state index is 12.6. The van der Waals surface area contributed by atoms with Gasteiger partial charge in [0, 0.05) is 33.6 Å². The van der Waals surface area contributed by atoms with Gasteiger partial charge in [0.2, 0.25) is 5.91 Å². The fourth-order valence-electron chi connectivity index (χ4n) is 3.44. The van der Waals surface area contributed by atoms with Crippen molar-refractivity contribution >= 4 is 11.7 Å². The number of benzene rings is 1. The molecule has 7 heteroatoms. The average molecular weight is 398 g/mol. The zero-order chi connectivity index (χ0) is 20.8. The number of aryl methyl sites for hydroxylation is 1. The maximum Gasteiger partial charge on any atom is 0.222 e. The van der Waals surface area contributed by atoms with Crippen LogP contribution in [0.25, 0.3) is 0 Å². The number of nitrogens with zero attached hydrogens (tertiary/aromatic N) is 4. The summed E-state index contributed by atoms with van der Waals surface area (Å²) in [5.41, 5.74) is 1.99. The molecule has 1 atom stereocenters. The normalized spacial score (nSPS) is 15.9. The number of anilines is 1. The summed E-state index contributed by atoms with van der Waals surface area (Å²) in [6, 6.07) is 10.0. The average Bonchev–Trinajstić information content (AvgIpc) is 3.27. The summed E-state index contributed by atoms with van der Waals surface area (Å²) in [6.07, 6.45) is 3.36. The number of hydrogen-bond donors (Lipinski definition) is 1. The Morgan fingerprint density at radius 2 is 1.97 bits per heavy atom. The van der Waals surface area contributed by atoms with Gasteiger partial charge >= 0.3 is 0 Å². The molecule has 29 heavy (non-hydrogen) atoms. The maximum atomic E-state index is 12.6. The third kappa shape index (κ3) is 5.67. The van der Waals surface area contributed by atoms with E-state index in [1.807, 2.05) is 56.4 Å². The van der Waals surface area contributed by atoms with Gasteiger partial charge in [0.25, 0.3) is 0 Å². The molecule has 0 aliphatic carbocycles. The summed E-state index contributed by atoms with van der Waals surface area (Å²) < 4.78 is 5.18. The Kier molecular flexibility index (Phi) is 7.04. The third-order valence-corrected chi connectivity index (χ3v) is 5.22. The highest BCUT2D eigenvalue weighted by atomic mass is 16.5. The highest BCUT2D eigenvalue weighted by molar-refractivity contribution is 5.76. The molecule has 1 saturated heterocycles. The van der Waals surface area contributed by atoms with E-state index in [2.05, 4.69) is 5.32 Å². The molecule has 0 radical (unpaired) electrons. The predicted molar refractivity (Wildman–Crippen MR) is 114 cm³/mol. The molecular formula is C22H31N5O2. The second kappa shape index (κ2) is 9.69. The lowest BCUT2D eigenvalue weighted by atomic mass is 10.1. The van der Waals surface area contributed by atoms with Gasteiger partial charge in [-0.05, 0) is 43.5 Å². The Balaban J connectivity index is 1.63. The number of carbonyl (C=O) groups excluding carboxylic acids is 1. The number of nitrogens with one attached hydrogen (secondary N) is 1. The van der Waals surface area contributed by atoms with Crippen LogP contribution >= 0.6 is 0 Å². The Morgan fingerprint density at radius 3 is 2.59 bits per heavy atom. The van der Waals surface area contributed by atoms with Crippen LogP contribution in [0.2, 0.25) is 0 Å². The van der Waals surface area contributed by atoms with Crippen LogP contribution in [0.5, 0.6) is 5.75 Å². The van der Waals surface area contributed by atoms with Crippen molar-refractivity contribution in [2.24, 2.45) is 0 Å². The van der Waals surface area contributed by atoms with E-state index in [4.69, 9.17) is 14.7 Å². The first-order valence-corrected chi connectivity index (χ1v) is 10.1. The number of hydrogen-bond acceptors (Lipinski definition) is 6. The first-order valence-electron chi connectivity index (χ1n) is 10.1. The second-order valence-electron chi connectivity index (χ2n) is 7.72. The van der Waals surface area contributed by atoms with E-state index in [-0.39, 0.29) is 11.9 Å². The monoisotopic (exact) mass is 397 g/mol. The molecule has 1 aromatic carbocycles. The molecule has 1 N–H and O–H groups in total. The van der Waals surface area contributed by atoms with Crippen molar-refractivity contribution in [2.75, 3.05) is 39.7 Å². The van der Waals surface area contributed by atoms with Crippen molar-refractivity contribution in [3.8, 4) is 5.75 Å². The highest BCUT2D eigenvalue weighted by Crippen LogP contribution is 2.23. The van der Waals surface area contributed by atoms with Gasteiger partial charge in [-0.1, -0.05) is 12.1 Å². The van der Waals surface area contributed by atoms with Crippen molar-refractivity contribution in [3.63, 3.8) is 0 Å². The van der Waals surface area contributed by atoms with Crippen molar-refractivity contribution < 1.29 is 9.53 Å². The zero-order valence-corrected chi connectivity index (χ0v) is 17.8. The molecule has 7 nitrogen and oxygen atoms in total. The van der Waals surface area contributed by atoms with Crippen molar-refractivity contribution in [3.05, 3.63) is 47.4 Å². The quantitative estimate of drug-likeness (QED) is 0.738. The number of methoxy groups -OCH3 is 1. The van der Waals surface area contributed by atoms with Crippen LogP contribution in [0, 0.1) is 0 Å². The molecule has 1 amide bonds. The smallest absolute Gasteiger partial charge is 0.222 e.